The number of rotatable bonds is 0. The molecule has 0 aromatic heterocycles. The van der Waals surface area contributed by atoms with E-state index in [1.165, 1.54) is 6.40 Å². The Balaban J connectivity index is 2.99. The lowest BCUT2D eigenvalue weighted by molar-refractivity contribution is 0.182. The molecule has 1 heterocycles. The van der Waals surface area contributed by atoms with E-state index in [1.54, 1.807) is 0 Å². The summed E-state index contributed by atoms with van der Waals surface area (Å²) < 4.78 is 0. The van der Waals surface area contributed by atoms with Crippen LogP contribution in [0.3, 0.4) is 0 Å². The van der Waals surface area contributed by atoms with Crippen molar-refractivity contribution in [3.8, 4) is 0 Å². The molecule has 0 aliphatic carbocycles. The lowest BCUT2D eigenvalue weighted by atomic mass is 9.92. The van der Waals surface area contributed by atoms with E-state index in [2.05, 4.69) is 51.8 Å². The summed E-state index contributed by atoms with van der Waals surface area (Å²) in [5.74, 6) is 0.854. The number of oxime groups is 1. The molecule has 1 aliphatic heterocycles. The smallest absolute Gasteiger partial charge is 0.230 e. The van der Waals surface area contributed by atoms with Crippen molar-refractivity contribution in [3.05, 3.63) is 0 Å². The fourth-order valence-corrected chi connectivity index (χ4v) is 1.18. The Morgan fingerprint density at radius 2 is 1.71 bits per heavy atom. The van der Waals surface area contributed by atoms with E-state index in [9.17, 15) is 0 Å². The van der Waals surface area contributed by atoms with Gasteiger partial charge in [-0.25, -0.2) is 5.01 Å². The minimum Gasteiger partial charge on any atom is -0.341 e. The number of hydrogen-bond acceptors (Lipinski definition) is 4. The van der Waals surface area contributed by atoms with Crippen LogP contribution in [0.15, 0.2) is 10.3 Å². The molecule has 0 unspecified atom stereocenters. The molecule has 0 amide bonds. The van der Waals surface area contributed by atoms with Crippen LogP contribution in [0.2, 0.25) is 0 Å². The van der Waals surface area contributed by atoms with Crippen molar-refractivity contribution in [1.29, 1.82) is 0 Å². The van der Waals surface area contributed by atoms with Gasteiger partial charge in [0.15, 0.2) is 5.84 Å². The lowest BCUT2D eigenvalue weighted by Crippen LogP contribution is -2.48. The molecule has 1 rings (SSSR count). The van der Waals surface area contributed by atoms with Crippen molar-refractivity contribution >= 4 is 12.2 Å². The molecule has 0 saturated carbocycles. The summed E-state index contributed by atoms with van der Waals surface area (Å²) >= 11 is 0. The lowest BCUT2D eigenvalue weighted by Gasteiger charge is -2.38. The zero-order chi connectivity index (χ0) is 11.0. The molecule has 80 valence electrons. The van der Waals surface area contributed by atoms with Gasteiger partial charge in [-0.3, -0.25) is 0 Å². The van der Waals surface area contributed by atoms with Crippen molar-refractivity contribution in [2.45, 2.75) is 47.1 Å². The molecule has 0 atom stereocenters. The second kappa shape index (κ2) is 3.26. The topological polar surface area (TPSA) is 37.2 Å². The third-order valence-electron chi connectivity index (χ3n) is 1.86. The van der Waals surface area contributed by atoms with Crippen LogP contribution in [-0.2, 0) is 4.84 Å². The summed E-state index contributed by atoms with van der Waals surface area (Å²) in [6.07, 6.45) is 1.36. The second-order valence-electron chi connectivity index (χ2n) is 5.47. The highest BCUT2D eigenvalue weighted by Crippen LogP contribution is 2.26. The Hall–Kier alpha value is -1.06. The van der Waals surface area contributed by atoms with Crippen LogP contribution in [0.4, 0.5) is 0 Å². The van der Waals surface area contributed by atoms with Crippen LogP contribution < -0.4 is 0 Å². The summed E-state index contributed by atoms with van der Waals surface area (Å²) in [6.45, 7) is 12.6. The summed E-state index contributed by atoms with van der Waals surface area (Å²) in [5, 5.41) is 10.1. The van der Waals surface area contributed by atoms with Crippen molar-refractivity contribution in [2.75, 3.05) is 0 Å². The maximum absolute atomic E-state index is 4.89. The Morgan fingerprint density at radius 1 is 1.14 bits per heavy atom. The number of hydrazone groups is 1. The molecule has 4 heteroatoms. The van der Waals surface area contributed by atoms with Crippen LogP contribution in [0, 0.1) is 5.41 Å². The van der Waals surface area contributed by atoms with Crippen molar-refractivity contribution in [3.63, 3.8) is 0 Å². The maximum atomic E-state index is 4.89. The van der Waals surface area contributed by atoms with Gasteiger partial charge >= 0.3 is 0 Å². The first-order valence-corrected chi connectivity index (χ1v) is 4.80. The SMILES string of the molecule is CC(C)(C)C1=NOC=NN1C(C)(C)C. The zero-order valence-corrected chi connectivity index (χ0v) is 9.83. The van der Waals surface area contributed by atoms with Crippen molar-refractivity contribution in [1.82, 2.24) is 5.01 Å². The normalized spacial score (nSPS) is 17.9. The largest absolute Gasteiger partial charge is 0.341 e. The zero-order valence-electron chi connectivity index (χ0n) is 9.83. The van der Waals surface area contributed by atoms with E-state index in [0.717, 1.165) is 5.84 Å². The summed E-state index contributed by atoms with van der Waals surface area (Å²) in [6, 6.07) is 0. The number of hydrogen-bond donors (Lipinski definition) is 0. The Labute approximate surface area is 85.6 Å². The summed E-state index contributed by atoms with van der Waals surface area (Å²) in [4.78, 5) is 4.89. The van der Waals surface area contributed by atoms with E-state index in [0.29, 0.717) is 0 Å². The predicted molar refractivity (Wildman–Crippen MR) is 58.1 cm³/mol. The van der Waals surface area contributed by atoms with E-state index in [4.69, 9.17) is 4.84 Å². The van der Waals surface area contributed by atoms with Gasteiger partial charge in [0.2, 0.25) is 6.40 Å². The van der Waals surface area contributed by atoms with Crippen LogP contribution in [0.5, 0.6) is 0 Å². The van der Waals surface area contributed by atoms with Crippen LogP contribution in [0.1, 0.15) is 41.5 Å². The van der Waals surface area contributed by atoms with E-state index < -0.39 is 0 Å². The molecule has 0 fully saturated rings. The molecular weight excluding hydrogens is 178 g/mol. The molecule has 14 heavy (non-hydrogen) atoms. The minimum atomic E-state index is -0.0770. The molecular formula is C10H19N3O. The highest BCUT2D eigenvalue weighted by atomic mass is 16.6. The Bertz CT molecular complexity index is 268. The molecule has 0 aromatic carbocycles. The monoisotopic (exact) mass is 197 g/mol. The molecule has 4 nitrogen and oxygen atoms in total. The van der Waals surface area contributed by atoms with Gasteiger partial charge in [-0.15, -0.1) is 5.10 Å². The van der Waals surface area contributed by atoms with Gasteiger partial charge in [-0.1, -0.05) is 25.9 Å². The van der Waals surface area contributed by atoms with Gasteiger partial charge in [0.25, 0.3) is 0 Å². The first-order chi connectivity index (χ1) is 6.23. The Morgan fingerprint density at radius 3 is 2.07 bits per heavy atom. The quantitative estimate of drug-likeness (QED) is 0.598. The van der Waals surface area contributed by atoms with E-state index in [-0.39, 0.29) is 11.0 Å². The Kier molecular flexibility index (Phi) is 2.56. The maximum Gasteiger partial charge on any atom is 0.230 e. The van der Waals surface area contributed by atoms with Crippen molar-refractivity contribution in [2.24, 2.45) is 15.7 Å². The van der Waals surface area contributed by atoms with Gasteiger partial charge < -0.3 is 4.84 Å². The van der Waals surface area contributed by atoms with Gasteiger partial charge in [0.05, 0.1) is 5.54 Å². The number of nitrogens with zero attached hydrogens (tertiary/aromatic N) is 3. The third kappa shape index (κ3) is 2.25. The van der Waals surface area contributed by atoms with Gasteiger partial charge in [-0.2, -0.15) is 0 Å². The standard InChI is InChI=1S/C10H19N3O/c1-9(2,3)8-12-14-7-11-13(8)10(4,5)6/h7H,1-6H3. The highest BCUT2D eigenvalue weighted by Gasteiger charge is 2.34. The third-order valence-corrected chi connectivity index (χ3v) is 1.86. The first kappa shape index (κ1) is 11.0. The summed E-state index contributed by atoms with van der Waals surface area (Å²) in [5.41, 5.74) is -0.141. The molecule has 1 aliphatic rings. The highest BCUT2D eigenvalue weighted by molar-refractivity contribution is 5.88. The fraction of sp³-hybridized carbons (Fsp3) is 0.800. The molecule has 0 saturated heterocycles. The fourth-order valence-electron chi connectivity index (χ4n) is 1.18. The first-order valence-electron chi connectivity index (χ1n) is 4.80. The molecule has 0 spiro atoms. The van der Waals surface area contributed by atoms with E-state index >= 15 is 0 Å². The molecule has 0 bridgehead atoms. The molecule has 0 aromatic rings. The van der Waals surface area contributed by atoms with Crippen LogP contribution >= 0.6 is 0 Å². The van der Waals surface area contributed by atoms with Gasteiger partial charge in [-0.05, 0) is 20.8 Å². The molecule has 0 radical (unpaired) electrons. The summed E-state index contributed by atoms with van der Waals surface area (Å²) in [7, 11) is 0. The number of amidine groups is 1. The minimum absolute atomic E-state index is 0.0644. The average Bonchev–Trinajstić information content (AvgIpc) is 2.01. The predicted octanol–water partition coefficient (Wildman–Crippen LogP) is 2.42. The van der Waals surface area contributed by atoms with Gasteiger partial charge in [0, 0.05) is 5.41 Å². The second-order valence-corrected chi connectivity index (χ2v) is 5.47. The van der Waals surface area contributed by atoms with Crippen molar-refractivity contribution < 1.29 is 4.84 Å². The average molecular weight is 197 g/mol. The van der Waals surface area contributed by atoms with Crippen LogP contribution in [0.25, 0.3) is 0 Å². The van der Waals surface area contributed by atoms with Gasteiger partial charge in [0.1, 0.15) is 0 Å². The molecule has 0 N–H and O–H groups in total. The van der Waals surface area contributed by atoms with Crippen LogP contribution in [-0.4, -0.2) is 22.8 Å². The van der Waals surface area contributed by atoms with E-state index in [1.807, 2.05) is 5.01 Å².